The molecule has 1 aromatic heterocycles. The van der Waals surface area contributed by atoms with Crippen molar-refractivity contribution < 1.29 is 4.74 Å². The van der Waals surface area contributed by atoms with Gasteiger partial charge in [0.1, 0.15) is 11.9 Å². The molecule has 4 nitrogen and oxygen atoms in total. The van der Waals surface area contributed by atoms with Crippen molar-refractivity contribution in [1.29, 1.82) is 0 Å². The van der Waals surface area contributed by atoms with Gasteiger partial charge in [-0.2, -0.15) is 0 Å². The van der Waals surface area contributed by atoms with Gasteiger partial charge in [0.2, 0.25) is 0 Å². The smallest absolute Gasteiger partial charge is 0.345 e. The highest BCUT2D eigenvalue weighted by Gasteiger charge is 2.12. The molecule has 1 aromatic carbocycles. The van der Waals surface area contributed by atoms with Crippen LogP contribution < -0.4 is 10.4 Å². The second-order valence-electron chi connectivity index (χ2n) is 3.52. The lowest BCUT2D eigenvalue weighted by molar-refractivity contribution is 0.221. The fourth-order valence-electron chi connectivity index (χ4n) is 1.45. The van der Waals surface area contributed by atoms with E-state index in [9.17, 15) is 4.79 Å². The SMILES string of the molecule is CC(Oc1ccccc1)c1[nH]c(=O)ncc1Cl. The van der Waals surface area contributed by atoms with Gasteiger partial charge in [-0.3, -0.25) is 0 Å². The summed E-state index contributed by atoms with van der Waals surface area (Å²) in [5, 5.41) is 0.382. The summed E-state index contributed by atoms with van der Waals surface area (Å²) in [7, 11) is 0. The summed E-state index contributed by atoms with van der Waals surface area (Å²) in [6.45, 7) is 1.81. The third kappa shape index (κ3) is 2.85. The zero-order chi connectivity index (χ0) is 12.3. The van der Waals surface area contributed by atoms with E-state index in [1.165, 1.54) is 6.20 Å². The minimum absolute atomic E-state index is 0.347. The molecule has 1 atom stereocenters. The Labute approximate surface area is 103 Å². The third-order valence-corrected chi connectivity index (χ3v) is 2.56. The predicted octanol–water partition coefficient (Wildman–Crippen LogP) is 2.56. The summed E-state index contributed by atoms with van der Waals surface area (Å²) >= 11 is 5.94. The Morgan fingerprint density at radius 2 is 2.06 bits per heavy atom. The fourth-order valence-corrected chi connectivity index (χ4v) is 1.70. The summed E-state index contributed by atoms with van der Waals surface area (Å²) in [5.41, 5.74) is 0.0865. The first kappa shape index (κ1) is 11.7. The molecule has 0 aliphatic carbocycles. The lowest BCUT2D eigenvalue weighted by atomic mass is 10.2. The molecule has 2 rings (SSSR count). The topological polar surface area (TPSA) is 55.0 Å². The van der Waals surface area contributed by atoms with E-state index in [1.54, 1.807) is 0 Å². The molecule has 5 heteroatoms. The van der Waals surface area contributed by atoms with Crippen LogP contribution in [0, 0.1) is 0 Å². The maximum atomic E-state index is 11.1. The van der Waals surface area contributed by atoms with Crippen molar-refractivity contribution in [2.24, 2.45) is 0 Å². The van der Waals surface area contributed by atoms with Crippen LogP contribution in [0.1, 0.15) is 18.7 Å². The predicted molar refractivity (Wildman–Crippen MR) is 65.4 cm³/mol. The molecule has 0 aliphatic heterocycles. The first-order valence-electron chi connectivity index (χ1n) is 5.13. The Morgan fingerprint density at radius 3 is 2.76 bits per heavy atom. The van der Waals surface area contributed by atoms with Crippen molar-refractivity contribution in [3.63, 3.8) is 0 Å². The molecule has 0 bridgehead atoms. The van der Waals surface area contributed by atoms with E-state index in [-0.39, 0.29) is 6.10 Å². The maximum Gasteiger partial charge on any atom is 0.345 e. The summed E-state index contributed by atoms with van der Waals surface area (Å²) < 4.78 is 5.65. The molecule has 88 valence electrons. The Bertz CT molecular complexity index is 554. The first-order chi connectivity index (χ1) is 8.16. The standard InChI is InChI=1S/C12H11ClN2O2/c1-8(17-9-5-3-2-4-6-9)11-10(13)7-14-12(16)15-11/h2-8H,1H3,(H,14,15,16). The minimum Gasteiger partial charge on any atom is -0.484 e. The van der Waals surface area contributed by atoms with Gasteiger partial charge in [-0.1, -0.05) is 29.8 Å². The number of para-hydroxylation sites is 1. The van der Waals surface area contributed by atoms with Crippen LogP contribution in [0.15, 0.2) is 41.3 Å². The van der Waals surface area contributed by atoms with Crippen LogP contribution in [0.2, 0.25) is 5.02 Å². The minimum atomic E-state index is -0.437. The Kier molecular flexibility index (Phi) is 3.44. The normalized spacial score (nSPS) is 12.1. The van der Waals surface area contributed by atoms with Crippen molar-refractivity contribution in [2.75, 3.05) is 0 Å². The highest BCUT2D eigenvalue weighted by molar-refractivity contribution is 6.31. The molecule has 0 amide bonds. The molecule has 17 heavy (non-hydrogen) atoms. The van der Waals surface area contributed by atoms with Gasteiger partial charge in [0.25, 0.3) is 0 Å². The van der Waals surface area contributed by atoms with Crippen molar-refractivity contribution in [3.05, 3.63) is 57.7 Å². The van der Waals surface area contributed by atoms with Gasteiger partial charge in [-0.25, -0.2) is 9.78 Å². The van der Waals surface area contributed by atoms with Gasteiger partial charge in [0.15, 0.2) is 0 Å². The van der Waals surface area contributed by atoms with Gasteiger partial charge in [0.05, 0.1) is 16.9 Å². The molecule has 0 fully saturated rings. The van der Waals surface area contributed by atoms with Crippen molar-refractivity contribution in [1.82, 2.24) is 9.97 Å². The van der Waals surface area contributed by atoms with E-state index < -0.39 is 5.69 Å². The van der Waals surface area contributed by atoms with Crippen LogP contribution in [0.25, 0.3) is 0 Å². The molecule has 1 unspecified atom stereocenters. The van der Waals surface area contributed by atoms with Crippen LogP contribution in [-0.4, -0.2) is 9.97 Å². The van der Waals surface area contributed by atoms with E-state index in [0.29, 0.717) is 16.5 Å². The molecule has 0 saturated carbocycles. The van der Waals surface area contributed by atoms with Crippen LogP contribution in [0.5, 0.6) is 5.75 Å². The molecule has 1 heterocycles. The first-order valence-corrected chi connectivity index (χ1v) is 5.51. The number of aromatic amines is 1. The number of nitrogens with one attached hydrogen (secondary N) is 1. The number of halogens is 1. The lowest BCUT2D eigenvalue weighted by Crippen LogP contribution is -2.16. The third-order valence-electron chi connectivity index (χ3n) is 2.26. The molecular formula is C12H11ClN2O2. The Morgan fingerprint density at radius 1 is 1.35 bits per heavy atom. The highest BCUT2D eigenvalue weighted by atomic mass is 35.5. The largest absolute Gasteiger partial charge is 0.484 e. The number of nitrogens with zero attached hydrogens (tertiary/aromatic N) is 1. The van der Waals surface area contributed by atoms with Crippen molar-refractivity contribution in [3.8, 4) is 5.75 Å². The molecule has 0 radical (unpaired) electrons. The number of benzene rings is 1. The molecule has 1 N–H and O–H groups in total. The number of H-pyrrole nitrogens is 1. The van der Waals surface area contributed by atoms with E-state index in [2.05, 4.69) is 9.97 Å². The Hall–Kier alpha value is -1.81. The average Bonchev–Trinajstić information content (AvgIpc) is 2.33. The van der Waals surface area contributed by atoms with Crippen molar-refractivity contribution in [2.45, 2.75) is 13.0 Å². The van der Waals surface area contributed by atoms with Gasteiger partial charge in [-0.15, -0.1) is 0 Å². The molecule has 0 aliphatic rings. The fraction of sp³-hybridized carbons (Fsp3) is 0.167. The van der Waals surface area contributed by atoms with E-state index in [0.717, 1.165) is 0 Å². The average molecular weight is 251 g/mol. The second kappa shape index (κ2) is 5.01. The van der Waals surface area contributed by atoms with Crippen LogP contribution in [-0.2, 0) is 0 Å². The molecule has 2 aromatic rings. The molecular weight excluding hydrogens is 240 g/mol. The molecule has 0 spiro atoms. The van der Waals surface area contributed by atoms with Gasteiger partial charge in [0, 0.05) is 0 Å². The van der Waals surface area contributed by atoms with Gasteiger partial charge >= 0.3 is 5.69 Å². The van der Waals surface area contributed by atoms with Crippen LogP contribution in [0.4, 0.5) is 0 Å². The van der Waals surface area contributed by atoms with E-state index >= 15 is 0 Å². The highest BCUT2D eigenvalue weighted by Crippen LogP contribution is 2.23. The number of hydrogen-bond donors (Lipinski definition) is 1. The summed E-state index contributed by atoms with van der Waals surface area (Å²) in [6, 6.07) is 9.32. The van der Waals surface area contributed by atoms with E-state index in [4.69, 9.17) is 16.3 Å². The zero-order valence-corrected chi connectivity index (χ0v) is 9.94. The summed E-state index contributed by atoms with van der Waals surface area (Å²) in [4.78, 5) is 17.2. The van der Waals surface area contributed by atoms with Crippen LogP contribution in [0.3, 0.4) is 0 Å². The second-order valence-corrected chi connectivity index (χ2v) is 3.93. The van der Waals surface area contributed by atoms with Crippen molar-refractivity contribution >= 4 is 11.6 Å². The summed E-state index contributed by atoms with van der Waals surface area (Å²) in [6.07, 6.45) is 0.973. The lowest BCUT2D eigenvalue weighted by Gasteiger charge is -2.15. The number of rotatable bonds is 3. The Balaban J connectivity index is 2.23. The zero-order valence-electron chi connectivity index (χ0n) is 9.18. The monoisotopic (exact) mass is 250 g/mol. The van der Waals surface area contributed by atoms with Gasteiger partial charge < -0.3 is 9.72 Å². The number of hydrogen-bond acceptors (Lipinski definition) is 3. The van der Waals surface area contributed by atoms with E-state index in [1.807, 2.05) is 37.3 Å². The van der Waals surface area contributed by atoms with Crippen LogP contribution >= 0.6 is 11.6 Å². The number of ether oxygens (including phenoxy) is 1. The molecule has 0 saturated heterocycles. The quantitative estimate of drug-likeness (QED) is 0.911. The summed E-state index contributed by atoms with van der Waals surface area (Å²) in [5.74, 6) is 0.716. The van der Waals surface area contributed by atoms with Gasteiger partial charge in [-0.05, 0) is 19.1 Å². The number of aromatic nitrogens is 2. The maximum absolute atomic E-state index is 11.1.